The van der Waals surface area contributed by atoms with E-state index < -0.39 is 0 Å². The Morgan fingerprint density at radius 1 is 1.43 bits per heavy atom. The molecule has 0 fully saturated rings. The first-order valence-electron chi connectivity index (χ1n) is 4.67. The monoisotopic (exact) mass is 202 g/mol. The molecule has 82 valence electrons. The molecule has 0 rings (SSSR count). The van der Waals surface area contributed by atoms with E-state index in [1.165, 1.54) is 7.11 Å². The number of methoxy groups -OCH3 is 1. The van der Waals surface area contributed by atoms with E-state index in [9.17, 15) is 9.59 Å². The molecule has 5 nitrogen and oxygen atoms in total. The average Bonchev–Trinajstić information content (AvgIpc) is 2.16. The summed E-state index contributed by atoms with van der Waals surface area (Å²) in [5.74, 6) is -0.563. The molecular formula is C9H18N2O3. The highest BCUT2D eigenvalue weighted by Gasteiger charge is 2.12. The molecule has 0 aliphatic rings. The third kappa shape index (κ3) is 5.53. The zero-order valence-corrected chi connectivity index (χ0v) is 8.92. The minimum atomic E-state index is -0.270. The standard InChI is InChI=1S/C9H18N2O3/c1-4-11-8(12)6-10-5-7(2)9(13)14-3/h7,10H,4-6H2,1-3H3,(H,11,12). The van der Waals surface area contributed by atoms with Crippen LogP contribution in [0.5, 0.6) is 0 Å². The van der Waals surface area contributed by atoms with Gasteiger partial charge in [0.1, 0.15) is 0 Å². The first-order valence-corrected chi connectivity index (χ1v) is 4.67. The van der Waals surface area contributed by atoms with Crippen molar-refractivity contribution in [2.75, 3.05) is 26.7 Å². The van der Waals surface area contributed by atoms with E-state index in [-0.39, 0.29) is 24.3 Å². The topological polar surface area (TPSA) is 67.4 Å². The maximum atomic E-state index is 11.0. The third-order valence-corrected chi connectivity index (χ3v) is 1.71. The molecule has 0 saturated carbocycles. The summed E-state index contributed by atoms with van der Waals surface area (Å²) in [6, 6.07) is 0. The van der Waals surface area contributed by atoms with Gasteiger partial charge in [-0.3, -0.25) is 9.59 Å². The van der Waals surface area contributed by atoms with E-state index in [0.29, 0.717) is 13.1 Å². The van der Waals surface area contributed by atoms with Crippen LogP contribution in [0.3, 0.4) is 0 Å². The Bertz CT molecular complexity index is 194. The lowest BCUT2D eigenvalue weighted by molar-refractivity contribution is -0.144. The van der Waals surface area contributed by atoms with Gasteiger partial charge in [0.05, 0.1) is 19.6 Å². The van der Waals surface area contributed by atoms with Crippen molar-refractivity contribution in [3.8, 4) is 0 Å². The van der Waals surface area contributed by atoms with Gasteiger partial charge >= 0.3 is 5.97 Å². The molecule has 0 aromatic carbocycles. The Hall–Kier alpha value is -1.10. The summed E-state index contributed by atoms with van der Waals surface area (Å²) < 4.78 is 4.54. The van der Waals surface area contributed by atoms with Crippen molar-refractivity contribution >= 4 is 11.9 Å². The van der Waals surface area contributed by atoms with E-state index >= 15 is 0 Å². The molecule has 0 aliphatic heterocycles. The maximum Gasteiger partial charge on any atom is 0.309 e. The van der Waals surface area contributed by atoms with E-state index in [1.54, 1.807) is 6.92 Å². The second-order valence-electron chi connectivity index (χ2n) is 3.01. The molecular weight excluding hydrogens is 184 g/mol. The molecule has 0 aromatic rings. The van der Waals surface area contributed by atoms with Gasteiger partial charge in [0, 0.05) is 13.1 Å². The fourth-order valence-corrected chi connectivity index (χ4v) is 0.946. The van der Waals surface area contributed by atoms with Crippen molar-refractivity contribution in [3.05, 3.63) is 0 Å². The fourth-order valence-electron chi connectivity index (χ4n) is 0.946. The van der Waals surface area contributed by atoms with E-state index in [2.05, 4.69) is 15.4 Å². The summed E-state index contributed by atoms with van der Waals surface area (Å²) in [7, 11) is 1.35. The van der Waals surface area contributed by atoms with Crippen LogP contribution in [0.15, 0.2) is 0 Å². The highest BCUT2D eigenvalue weighted by atomic mass is 16.5. The summed E-state index contributed by atoms with van der Waals surface area (Å²) in [4.78, 5) is 21.9. The van der Waals surface area contributed by atoms with Crippen LogP contribution in [0.2, 0.25) is 0 Å². The SMILES string of the molecule is CCNC(=O)CNCC(C)C(=O)OC. The lowest BCUT2D eigenvalue weighted by Crippen LogP contribution is -2.36. The van der Waals surface area contributed by atoms with E-state index in [0.717, 1.165) is 0 Å². The van der Waals surface area contributed by atoms with Gasteiger partial charge < -0.3 is 15.4 Å². The van der Waals surface area contributed by atoms with Gasteiger partial charge in [0.25, 0.3) is 0 Å². The predicted molar refractivity (Wildman–Crippen MR) is 52.7 cm³/mol. The van der Waals surface area contributed by atoms with Crippen LogP contribution in [-0.2, 0) is 14.3 Å². The van der Waals surface area contributed by atoms with Crippen LogP contribution >= 0.6 is 0 Å². The Labute approximate surface area is 84.2 Å². The highest BCUT2D eigenvalue weighted by molar-refractivity contribution is 5.78. The normalized spacial score (nSPS) is 11.9. The van der Waals surface area contributed by atoms with E-state index in [4.69, 9.17) is 0 Å². The van der Waals surface area contributed by atoms with Crippen molar-refractivity contribution < 1.29 is 14.3 Å². The van der Waals surface area contributed by atoms with Crippen molar-refractivity contribution in [1.29, 1.82) is 0 Å². The second kappa shape index (κ2) is 7.32. The number of esters is 1. The number of carbonyl (C=O) groups excluding carboxylic acids is 2. The maximum absolute atomic E-state index is 11.0. The molecule has 14 heavy (non-hydrogen) atoms. The molecule has 2 N–H and O–H groups in total. The molecule has 1 amide bonds. The summed E-state index contributed by atoms with van der Waals surface area (Å²) in [5, 5.41) is 5.52. The molecule has 0 aliphatic carbocycles. The van der Waals surface area contributed by atoms with Gasteiger partial charge in [0.15, 0.2) is 0 Å². The highest BCUT2D eigenvalue weighted by Crippen LogP contribution is 1.94. The number of hydrogen-bond donors (Lipinski definition) is 2. The number of rotatable bonds is 6. The summed E-state index contributed by atoms with van der Waals surface area (Å²) in [6.45, 7) is 4.90. The quantitative estimate of drug-likeness (QED) is 0.571. The van der Waals surface area contributed by atoms with E-state index in [1.807, 2.05) is 6.92 Å². The molecule has 1 atom stereocenters. The van der Waals surface area contributed by atoms with Crippen molar-refractivity contribution in [2.24, 2.45) is 5.92 Å². The van der Waals surface area contributed by atoms with Gasteiger partial charge in [-0.05, 0) is 6.92 Å². The zero-order chi connectivity index (χ0) is 11.0. The largest absolute Gasteiger partial charge is 0.469 e. The molecule has 0 spiro atoms. The third-order valence-electron chi connectivity index (χ3n) is 1.71. The summed E-state index contributed by atoms with van der Waals surface area (Å²) >= 11 is 0. The lowest BCUT2D eigenvalue weighted by atomic mass is 10.2. The molecule has 5 heteroatoms. The zero-order valence-electron chi connectivity index (χ0n) is 8.92. The number of hydrogen-bond acceptors (Lipinski definition) is 4. The van der Waals surface area contributed by atoms with Crippen LogP contribution in [0.1, 0.15) is 13.8 Å². The second-order valence-corrected chi connectivity index (χ2v) is 3.01. The molecule has 0 heterocycles. The van der Waals surface area contributed by atoms with Crippen LogP contribution in [-0.4, -0.2) is 38.6 Å². The minimum absolute atomic E-state index is 0.0652. The van der Waals surface area contributed by atoms with Gasteiger partial charge in [-0.1, -0.05) is 6.92 Å². The van der Waals surface area contributed by atoms with Gasteiger partial charge in [-0.25, -0.2) is 0 Å². The Morgan fingerprint density at radius 3 is 2.57 bits per heavy atom. The van der Waals surface area contributed by atoms with Crippen LogP contribution in [0.4, 0.5) is 0 Å². The average molecular weight is 202 g/mol. The number of amides is 1. The number of ether oxygens (including phenoxy) is 1. The Morgan fingerprint density at radius 2 is 2.07 bits per heavy atom. The van der Waals surface area contributed by atoms with Crippen LogP contribution < -0.4 is 10.6 Å². The first-order chi connectivity index (χ1) is 6.61. The molecule has 0 saturated heterocycles. The van der Waals surface area contributed by atoms with Gasteiger partial charge in [0.2, 0.25) is 5.91 Å². The van der Waals surface area contributed by atoms with Gasteiger partial charge in [-0.15, -0.1) is 0 Å². The lowest BCUT2D eigenvalue weighted by Gasteiger charge is -2.09. The van der Waals surface area contributed by atoms with Crippen LogP contribution in [0.25, 0.3) is 0 Å². The predicted octanol–water partition coefficient (Wildman–Crippen LogP) is -0.479. The number of nitrogens with one attached hydrogen (secondary N) is 2. The molecule has 0 radical (unpaired) electrons. The number of likely N-dealkylation sites (N-methyl/N-ethyl adjacent to an activating group) is 1. The van der Waals surface area contributed by atoms with Gasteiger partial charge in [-0.2, -0.15) is 0 Å². The molecule has 0 bridgehead atoms. The first kappa shape index (κ1) is 12.9. The summed E-state index contributed by atoms with van der Waals surface area (Å²) in [5.41, 5.74) is 0. The number of carbonyl (C=O) groups is 2. The smallest absolute Gasteiger partial charge is 0.309 e. The molecule has 0 aromatic heterocycles. The fraction of sp³-hybridized carbons (Fsp3) is 0.778. The Kier molecular flexibility index (Phi) is 6.74. The van der Waals surface area contributed by atoms with Crippen molar-refractivity contribution in [1.82, 2.24) is 10.6 Å². The molecule has 1 unspecified atom stereocenters. The minimum Gasteiger partial charge on any atom is -0.469 e. The Balaban J connectivity index is 3.53. The van der Waals surface area contributed by atoms with Crippen molar-refractivity contribution in [2.45, 2.75) is 13.8 Å². The summed E-state index contributed by atoms with van der Waals surface area (Å²) in [6.07, 6.45) is 0. The van der Waals surface area contributed by atoms with Crippen molar-refractivity contribution in [3.63, 3.8) is 0 Å². The van der Waals surface area contributed by atoms with Crippen LogP contribution in [0, 0.1) is 5.92 Å².